The third kappa shape index (κ3) is 1.65. The fraction of sp³-hybridized carbons (Fsp3) is 0.231. The highest BCUT2D eigenvalue weighted by molar-refractivity contribution is 7.09. The lowest BCUT2D eigenvalue weighted by molar-refractivity contribution is -0.139. The maximum atomic E-state index is 11.9. The van der Waals surface area contributed by atoms with Gasteiger partial charge in [-0.3, -0.25) is 9.59 Å². The molecule has 0 radical (unpaired) electrons. The first-order chi connectivity index (χ1) is 8.27. The van der Waals surface area contributed by atoms with E-state index in [0.717, 1.165) is 23.4 Å². The van der Waals surface area contributed by atoms with Crippen LogP contribution in [0.5, 0.6) is 0 Å². The summed E-state index contributed by atoms with van der Waals surface area (Å²) in [6.07, 6.45) is 5.43. The van der Waals surface area contributed by atoms with Crippen molar-refractivity contribution in [3.8, 4) is 0 Å². The van der Waals surface area contributed by atoms with E-state index in [1.165, 1.54) is 0 Å². The summed E-state index contributed by atoms with van der Waals surface area (Å²) in [6.45, 7) is 0.523. The molecule has 1 amide bonds. The van der Waals surface area contributed by atoms with Gasteiger partial charge in [-0.05, 0) is 24.3 Å². The van der Waals surface area contributed by atoms with Crippen molar-refractivity contribution in [3.05, 3.63) is 45.8 Å². The van der Waals surface area contributed by atoms with E-state index in [9.17, 15) is 9.59 Å². The molecule has 0 unspecified atom stereocenters. The minimum Gasteiger partial charge on any atom is -0.303 e. The molecule has 0 bridgehead atoms. The minimum absolute atomic E-state index is 0.354. The van der Waals surface area contributed by atoms with Gasteiger partial charge in [0.2, 0.25) is 0 Å². The molecule has 3 nitrogen and oxygen atoms in total. The summed E-state index contributed by atoms with van der Waals surface area (Å²) in [6, 6.07) is 3.94. The number of carbonyl (C=O) groups excluding carboxylic acids is 2. The van der Waals surface area contributed by atoms with Crippen LogP contribution in [-0.2, 0) is 16.1 Å². The molecule has 0 atom stereocenters. The number of thiophene rings is 1. The molecule has 3 rings (SSSR count). The van der Waals surface area contributed by atoms with E-state index < -0.39 is 0 Å². The maximum absolute atomic E-state index is 11.9. The van der Waals surface area contributed by atoms with Crippen molar-refractivity contribution in [2.75, 3.05) is 0 Å². The van der Waals surface area contributed by atoms with Gasteiger partial charge in [0.15, 0.2) is 0 Å². The summed E-state index contributed by atoms with van der Waals surface area (Å²) >= 11 is 1.61. The first-order valence-corrected chi connectivity index (χ1v) is 6.43. The average molecular weight is 245 g/mol. The highest BCUT2D eigenvalue weighted by atomic mass is 32.1. The summed E-state index contributed by atoms with van der Waals surface area (Å²) in [5.41, 5.74) is 1.49. The zero-order chi connectivity index (χ0) is 11.8. The lowest BCUT2D eigenvalue weighted by atomic mass is 10.0. The van der Waals surface area contributed by atoms with Crippen molar-refractivity contribution in [1.82, 2.24) is 4.90 Å². The van der Waals surface area contributed by atoms with Gasteiger partial charge in [-0.25, -0.2) is 0 Å². The average Bonchev–Trinajstić information content (AvgIpc) is 2.94. The second-order valence-electron chi connectivity index (χ2n) is 4.10. The Labute approximate surface area is 103 Å². The van der Waals surface area contributed by atoms with Crippen molar-refractivity contribution in [2.45, 2.75) is 19.4 Å². The number of amides is 1. The highest BCUT2D eigenvalue weighted by Gasteiger charge is 2.37. The zero-order valence-corrected chi connectivity index (χ0v) is 10.00. The maximum Gasteiger partial charge on any atom is 0.299 e. The molecular weight excluding hydrogens is 234 g/mol. The highest BCUT2D eigenvalue weighted by Crippen LogP contribution is 2.31. The van der Waals surface area contributed by atoms with E-state index >= 15 is 0 Å². The number of hydrogen-bond acceptors (Lipinski definition) is 3. The van der Waals surface area contributed by atoms with E-state index in [4.69, 9.17) is 0 Å². The quantitative estimate of drug-likeness (QED) is 0.749. The molecule has 1 aromatic heterocycles. The van der Waals surface area contributed by atoms with Crippen LogP contribution in [0.3, 0.4) is 0 Å². The molecule has 1 aliphatic carbocycles. The van der Waals surface area contributed by atoms with Gasteiger partial charge in [0, 0.05) is 16.1 Å². The lowest BCUT2D eigenvalue weighted by Crippen LogP contribution is -2.28. The lowest BCUT2D eigenvalue weighted by Gasteiger charge is -2.19. The number of allylic oxidation sites excluding steroid dienone is 3. The third-order valence-electron chi connectivity index (χ3n) is 3.05. The molecule has 4 heteroatoms. The van der Waals surface area contributed by atoms with E-state index in [1.807, 2.05) is 23.6 Å². The molecule has 0 fully saturated rings. The molecule has 0 N–H and O–H groups in total. The normalized spacial score (nSPS) is 19.2. The van der Waals surface area contributed by atoms with Gasteiger partial charge >= 0.3 is 0 Å². The van der Waals surface area contributed by atoms with Crippen LogP contribution in [0.2, 0.25) is 0 Å². The molecule has 2 aliphatic rings. The second-order valence-corrected chi connectivity index (χ2v) is 5.13. The second kappa shape index (κ2) is 3.96. The molecule has 0 saturated heterocycles. The standard InChI is InChI=1S/C13H11NO2S/c15-12-10-5-1-2-6-11(10)14(13(12)16)8-9-4-3-7-17-9/h1,3-5,7H,2,6,8H2. The third-order valence-corrected chi connectivity index (χ3v) is 3.91. The topological polar surface area (TPSA) is 37.4 Å². The minimum atomic E-state index is -0.380. The Morgan fingerprint density at radius 1 is 1.35 bits per heavy atom. The molecule has 1 aliphatic heterocycles. The number of nitrogens with zero attached hydrogens (tertiary/aromatic N) is 1. The number of hydrogen-bond donors (Lipinski definition) is 0. The Balaban J connectivity index is 1.94. The van der Waals surface area contributed by atoms with Crippen LogP contribution in [-0.4, -0.2) is 16.6 Å². The smallest absolute Gasteiger partial charge is 0.299 e. The van der Waals surface area contributed by atoms with E-state index in [-0.39, 0.29) is 11.7 Å². The molecule has 17 heavy (non-hydrogen) atoms. The van der Waals surface area contributed by atoms with Gasteiger partial charge in [0.1, 0.15) is 0 Å². The van der Waals surface area contributed by atoms with Crippen molar-refractivity contribution in [2.24, 2.45) is 0 Å². The van der Waals surface area contributed by atoms with Crippen LogP contribution < -0.4 is 0 Å². The largest absolute Gasteiger partial charge is 0.303 e. The van der Waals surface area contributed by atoms with Crippen LogP contribution in [0.15, 0.2) is 40.9 Å². The summed E-state index contributed by atoms with van der Waals surface area (Å²) < 4.78 is 0. The molecule has 2 heterocycles. The van der Waals surface area contributed by atoms with Crippen LogP contribution in [0.1, 0.15) is 17.7 Å². The summed E-state index contributed by atoms with van der Waals surface area (Å²) in [5, 5.41) is 1.98. The Hall–Kier alpha value is -1.68. The van der Waals surface area contributed by atoms with Gasteiger partial charge in [0.25, 0.3) is 11.7 Å². The molecule has 86 valence electrons. The van der Waals surface area contributed by atoms with Crippen molar-refractivity contribution >= 4 is 23.0 Å². The first kappa shape index (κ1) is 10.5. The summed E-state index contributed by atoms with van der Waals surface area (Å²) in [5.74, 6) is -0.734. The number of rotatable bonds is 2. The Kier molecular flexibility index (Phi) is 2.44. The fourth-order valence-electron chi connectivity index (χ4n) is 2.23. The fourth-order valence-corrected chi connectivity index (χ4v) is 2.92. The van der Waals surface area contributed by atoms with Crippen LogP contribution in [0.4, 0.5) is 0 Å². The molecular formula is C13H11NO2S. The van der Waals surface area contributed by atoms with Crippen LogP contribution in [0.25, 0.3) is 0 Å². The number of Topliss-reactive ketones (excluding diaryl/α,β-unsaturated/α-hetero) is 1. The van der Waals surface area contributed by atoms with Crippen molar-refractivity contribution in [1.29, 1.82) is 0 Å². The van der Waals surface area contributed by atoms with E-state index in [0.29, 0.717) is 12.1 Å². The summed E-state index contributed by atoms with van der Waals surface area (Å²) in [4.78, 5) is 26.4. The molecule has 0 spiro atoms. The van der Waals surface area contributed by atoms with Crippen molar-refractivity contribution < 1.29 is 9.59 Å². The van der Waals surface area contributed by atoms with Crippen molar-refractivity contribution in [3.63, 3.8) is 0 Å². The molecule has 0 aromatic carbocycles. The van der Waals surface area contributed by atoms with Gasteiger partial charge in [-0.1, -0.05) is 18.2 Å². The zero-order valence-electron chi connectivity index (χ0n) is 9.18. The molecule has 0 saturated carbocycles. The Morgan fingerprint density at radius 2 is 2.24 bits per heavy atom. The number of ketones is 1. The van der Waals surface area contributed by atoms with E-state index in [1.54, 1.807) is 22.3 Å². The van der Waals surface area contributed by atoms with Crippen LogP contribution >= 0.6 is 11.3 Å². The van der Waals surface area contributed by atoms with Gasteiger partial charge < -0.3 is 4.90 Å². The predicted octanol–water partition coefficient (Wildman–Crippen LogP) is 2.26. The van der Waals surface area contributed by atoms with Gasteiger partial charge in [-0.15, -0.1) is 11.3 Å². The van der Waals surface area contributed by atoms with Gasteiger partial charge in [0.05, 0.1) is 6.54 Å². The summed E-state index contributed by atoms with van der Waals surface area (Å²) in [7, 11) is 0. The number of carbonyl (C=O) groups is 2. The van der Waals surface area contributed by atoms with E-state index in [2.05, 4.69) is 0 Å². The molecule has 1 aromatic rings. The van der Waals surface area contributed by atoms with Crippen LogP contribution in [0, 0.1) is 0 Å². The Bertz CT molecular complexity index is 540. The monoisotopic (exact) mass is 245 g/mol. The Morgan fingerprint density at radius 3 is 3.00 bits per heavy atom. The first-order valence-electron chi connectivity index (χ1n) is 5.55. The van der Waals surface area contributed by atoms with Gasteiger partial charge in [-0.2, -0.15) is 0 Å². The predicted molar refractivity (Wildman–Crippen MR) is 65.3 cm³/mol. The SMILES string of the molecule is O=C1C(=O)N(Cc2cccs2)C2=C1C=CCC2.